The first-order chi connectivity index (χ1) is 7.27. The molecule has 0 aromatic carbocycles. The molecule has 2 atom stereocenters. The van der Waals surface area contributed by atoms with Crippen LogP contribution in [0.15, 0.2) is 24.7 Å². The molecule has 0 radical (unpaired) electrons. The smallest absolute Gasteiger partial charge is 0.168 e. The Morgan fingerprint density at radius 2 is 2.40 bits per heavy atom. The number of H-pyrrole nitrogens is 1. The van der Waals surface area contributed by atoms with Gasteiger partial charge in [-0.1, -0.05) is 6.92 Å². The molecular weight excluding hydrogens is 188 g/mol. The average molecular weight is 200 g/mol. The standard InChI is InChI=1S/C12H12N2O/c1-7-4-8(7)12(15)10-6-14-11-2-3-13-5-9(10)11/h2-3,5-8,14H,4H2,1H3. The molecule has 1 saturated carbocycles. The summed E-state index contributed by atoms with van der Waals surface area (Å²) < 4.78 is 0. The molecule has 3 heteroatoms. The molecule has 1 fully saturated rings. The van der Waals surface area contributed by atoms with Crippen molar-refractivity contribution in [1.29, 1.82) is 0 Å². The first kappa shape index (κ1) is 8.65. The zero-order valence-electron chi connectivity index (χ0n) is 8.53. The number of fused-ring (bicyclic) bond motifs is 1. The van der Waals surface area contributed by atoms with Crippen LogP contribution in [0.25, 0.3) is 10.9 Å². The van der Waals surface area contributed by atoms with Gasteiger partial charge in [0.25, 0.3) is 0 Å². The number of nitrogens with zero attached hydrogens (tertiary/aromatic N) is 1. The molecule has 2 unspecified atom stereocenters. The van der Waals surface area contributed by atoms with Crippen LogP contribution in [-0.2, 0) is 0 Å². The summed E-state index contributed by atoms with van der Waals surface area (Å²) in [6.45, 7) is 2.12. The summed E-state index contributed by atoms with van der Waals surface area (Å²) in [5.74, 6) is 1.06. The number of Topliss-reactive ketones (excluding diaryl/α,β-unsaturated/α-hetero) is 1. The second-order valence-electron chi connectivity index (χ2n) is 4.31. The number of aromatic nitrogens is 2. The maximum absolute atomic E-state index is 12.0. The zero-order chi connectivity index (χ0) is 10.4. The number of hydrogen-bond donors (Lipinski definition) is 1. The van der Waals surface area contributed by atoms with Crippen LogP contribution in [0.2, 0.25) is 0 Å². The van der Waals surface area contributed by atoms with Crippen LogP contribution in [0.5, 0.6) is 0 Å². The molecule has 3 nitrogen and oxygen atoms in total. The van der Waals surface area contributed by atoms with Crippen LogP contribution < -0.4 is 0 Å². The SMILES string of the molecule is CC1CC1C(=O)c1c[nH]c2ccncc12. The third-order valence-electron chi connectivity index (χ3n) is 3.19. The number of hydrogen-bond acceptors (Lipinski definition) is 2. The fourth-order valence-corrected chi connectivity index (χ4v) is 2.05. The molecule has 0 bridgehead atoms. The maximum Gasteiger partial charge on any atom is 0.168 e. The number of pyridine rings is 1. The van der Waals surface area contributed by atoms with E-state index in [1.165, 1.54) is 0 Å². The fraction of sp³-hybridized carbons (Fsp3) is 0.333. The van der Waals surface area contributed by atoms with E-state index in [1.807, 2.05) is 6.07 Å². The van der Waals surface area contributed by atoms with E-state index in [1.54, 1.807) is 18.6 Å². The van der Waals surface area contributed by atoms with Gasteiger partial charge in [-0.05, 0) is 18.4 Å². The van der Waals surface area contributed by atoms with Crippen LogP contribution in [0, 0.1) is 11.8 Å². The predicted molar refractivity (Wildman–Crippen MR) is 57.7 cm³/mol. The van der Waals surface area contributed by atoms with Crippen LogP contribution in [-0.4, -0.2) is 15.8 Å². The Morgan fingerprint density at radius 1 is 1.60 bits per heavy atom. The minimum absolute atomic E-state index is 0.240. The maximum atomic E-state index is 12.0. The van der Waals surface area contributed by atoms with Crippen molar-refractivity contribution >= 4 is 16.7 Å². The van der Waals surface area contributed by atoms with Crippen molar-refractivity contribution < 1.29 is 4.79 Å². The van der Waals surface area contributed by atoms with Crippen molar-refractivity contribution in [2.24, 2.45) is 11.8 Å². The van der Waals surface area contributed by atoms with Gasteiger partial charge in [0.05, 0.1) is 0 Å². The summed E-state index contributed by atoms with van der Waals surface area (Å²) in [5.41, 5.74) is 1.79. The van der Waals surface area contributed by atoms with Gasteiger partial charge in [0.1, 0.15) is 0 Å². The van der Waals surface area contributed by atoms with Crippen LogP contribution >= 0.6 is 0 Å². The highest BCUT2D eigenvalue weighted by atomic mass is 16.1. The molecule has 0 amide bonds. The lowest BCUT2D eigenvalue weighted by molar-refractivity contribution is 0.0964. The molecule has 3 rings (SSSR count). The van der Waals surface area contributed by atoms with E-state index in [0.717, 1.165) is 22.9 Å². The van der Waals surface area contributed by atoms with Crippen molar-refractivity contribution in [3.63, 3.8) is 0 Å². The number of rotatable bonds is 2. The van der Waals surface area contributed by atoms with Gasteiger partial charge < -0.3 is 4.98 Å². The summed E-state index contributed by atoms with van der Waals surface area (Å²) in [5, 5.41) is 0.946. The van der Waals surface area contributed by atoms with Gasteiger partial charge in [-0.3, -0.25) is 9.78 Å². The van der Waals surface area contributed by atoms with Crippen molar-refractivity contribution in [2.75, 3.05) is 0 Å². The molecule has 2 heterocycles. The van der Waals surface area contributed by atoms with Gasteiger partial charge in [-0.15, -0.1) is 0 Å². The molecule has 0 saturated heterocycles. The first-order valence-electron chi connectivity index (χ1n) is 5.22. The summed E-state index contributed by atoms with van der Waals surface area (Å²) >= 11 is 0. The van der Waals surface area contributed by atoms with Crippen LogP contribution in [0.3, 0.4) is 0 Å². The Labute approximate surface area is 87.5 Å². The van der Waals surface area contributed by atoms with Gasteiger partial charge >= 0.3 is 0 Å². The highest BCUT2D eigenvalue weighted by Gasteiger charge is 2.40. The Balaban J connectivity index is 2.07. The van der Waals surface area contributed by atoms with Gasteiger partial charge in [-0.2, -0.15) is 0 Å². The predicted octanol–water partition coefficient (Wildman–Crippen LogP) is 2.40. The number of carbonyl (C=O) groups is 1. The van der Waals surface area contributed by atoms with Crippen molar-refractivity contribution in [1.82, 2.24) is 9.97 Å². The Hall–Kier alpha value is -1.64. The number of nitrogens with one attached hydrogen (secondary N) is 1. The topological polar surface area (TPSA) is 45.8 Å². The average Bonchev–Trinajstić information content (AvgIpc) is 2.83. The molecular formula is C12H12N2O. The molecule has 2 aromatic rings. The number of ketones is 1. The summed E-state index contributed by atoms with van der Waals surface area (Å²) in [6, 6.07) is 1.89. The van der Waals surface area contributed by atoms with Crippen LogP contribution in [0.1, 0.15) is 23.7 Å². The summed E-state index contributed by atoms with van der Waals surface area (Å²) in [6.07, 6.45) is 6.32. The van der Waals surface area contributed by atoms with Gasteiger partial charge in [-0.25, -0.2) is 0 Å². The highest BCUT2D eigenvalue weighted by Crippen LogP contribution is 2.41. The lowest BCUT2D eigenvalue weighted by Crippen LogP contribution is -2.01. The molecule has 1 N–H and O–H groups in total. The van der Waals surface area contributed by atoms with Crippen molar-refractivity contribution in [2.45, 2.75) is 13.3 Å². The van der Waals surface area contributed by atoms with E-state index in [2.05, 4.69) is 16.9 Å². The molecule has 76 valence electrons. The van der Waals surface area contributed by atoms with Gasteiger partial charge in [0.15, 0.2) is 5.78 Å². The monoisotopic (exact) mass is 200 g/mol. The van der Waals surface area contributed by atoms with Crippen molar-refractivity contribution in [3.8, 4) is 0 Å². The number of aromatic amines is 1. The second-order valence-corrected chi connectivity index (χ2v) is 4.31. The third-order valence-corrected chi connectivity index (χ3v) is 3.19. The van der Waals surface area contributed by atoms with Crippen LogP contribution in [0.4, 0.5) is 0 Å². The van der Waals surface area contributed by atoms with E-state index in [4.69, 9.17) is 0 Å². The first-order valence-corrected chi connectivity index (χ1v) is 5.22. The summed E-state index contributed by atoms with van der Waals surface area (Å²) in [4.78, 5) is 19.2. The Morgan fingerprint density at radius 3 is 3.13 bits per heavy atom. The van der Waals surface area contributed by atoms with E-state index in [9.17, 15) is 4.79 Å². The minimum atomic E-state index is 0.240. The third kappa shape index (κ3) is 1.27. The van der Waals surface area contributed by atoms with Gasteiger partial charge in [0.2, 0.25) is 0 Å². The highest BCUT2D eigenvalue weighted by molar-refractivity contribution is 6.09. The Bertz CT molecular complexity index is 529. The fourth-order valence-electron chi connectivity index (χ4n) is 2.05. The van der Waals surface area contributed by atoms with Gasteiger partial charge in [0, 0.05) is 41.0 Å². The normalized spacial score (nSPS) is 24.3. The van der Waals surface area contributed by atoms with E-state index >= 15 is 0 Å². The van der Waals surface area contributed by atoms with E-state index < -0.39 is 0 Å². The number of carbonyl (C=O) groups excluding carboxylic acids is 1. The summed E-state index contributed by atoms with van der Waals surface area (Å²) in [7, 11) is 0. The molecule has 0 spiro atoms. The molecule has 15 heavy (non-hydrogen) atoms. The molecule has 0 aliphatic heterocycles. The quantitative estimate of drug-likeness (QED) is 0.756. The Kier molecular flexibility index (Phi) is 1.69. The van der Waals surface area contributed by atoms with E-state index in [0.29, 0.717) is 5.92 Å². The molecule has 1 aliphatic rings. The largest absolute Gasteiger partial charge is 0.360 e. The lowest BCUT2D eigenvalue weighted by atomic mass is 10.1. The molecule has 2 aromatic heterocycles. The second kappa shape index (κ2) is 2.92. The minimum Gasteiger partial charge on any atom is -0.360 e. The van der Waals surface area contributed by atoms with Crippen molar-refractivity contribution in [3.05, 3.63) is 30.2 Å². The zero-order valence-corrected chi connectivity index (χ0v) is 8.53. The lowest BCUT2D eigenvalue weighted by Gasteiger charge is -1.95. The van der Waals surface area contributed by atoms with E-state index in [-0.39, 0.29) is 11.7 Å². The molecule has 1 aliphatic carbocycles.